The number of benzene rings is 1. The molecule has 2 aromatic rings. The van der Waals surface area contributed by atoms with Crippen LogP contribution in [0.5, 0.6) is 0 Å². The van der Waals surface area contributed by atoms with Crippen molar-refractivity contribution in [1.82, 2.24) is 20.2 Å². The van der Waals surface area contributed by atoms with E-state index in [1.165, 1.54) is 11.8 Å². The van der Waals surface area contributed by atoms with Crippen molar-refractivity contribution in [3.63, 3.8) is 0 Å². The smallest absolute Gasteiger partial charge is 0.274 e. The van der Waals surface area contributed by atoms with Crippen LogP contribution in [-0.4, -0.2) is 40.4 Å². The first kappa shape index (κ1) is 20.4. The molecular weight excluding hydrogens is 347 g/mol. The molecule has 1 amide bonds. The second-order valence-electron chi connectivity index (χ2n) is 5.40. The molecule has 1 atom stereocenters. The van der Waals surface area contributed by atoms with Gasteiger partial charge in [0.1, 0.15) is 5.69 Å². The van der Waals surface area contributed by atoms with E-state index in [4.69, 9.17) is 0 Å². The number of nitrogens with zero attached hydrogens (tertiary/aromatic N) is 3. The number of aromatic nitrogens is 2. The molecular formula is C17H22Cl2N4O. The van der Waals surface area contributed by atoms with Crippen molar-refractivity contribution in [2.45, 2.75) is 19.4 Å². The number of hydrogen-bond donors (Lipinski definition) is 1. The summed E-state index contributed by atoms with van der Waals surface area (Å²) in [5.74, 6) is -0.0563. The van der Waals surface area contributed by atoms with Gasteiger partial charge in [-0.1, -0.05) is 31.2 Å². The largest absolute Gasteiger partial charge is 0.328 e. The summed E-state index contributed by atoms with van der Waals surface area (Å²) in [5.41, 5.74) is 2.86. The molecule has 24 heavy (non-hydrogen) atoms. The molecule has 1 saturated heterocycles. The predicted molar refractivity (Wildman–Crippen MR) is 99.0 cm³/mol. The van der Waals surface area contributed by atoms with Gasteiger partial charge >= 0.3 is 0 Å². The first-order chi connectivity index (χ1) is 10.8. The lowest BCUT2D eigenvalue weighted by atomic mass is 10.0. The fraction of sp³-hybridized carbons (Fsp3) is 0.353. The Bertz CT molecular complexity index is 637. The van der Waals surface area contributed by atoms with Gasteiger partial charge in [0.2, 0.25) is 0 Å². The van der Waals surface area contributed by atoms with Gasteiger partial charge in [0.15, 0.2) is 0 Å². The van der Waals surface area contributed by atoms with Crippen LogP contribution in [0.4, 0.5) is 0 Å². The SMILES string of the molecule is CCc1ccc(C2CNCCN2C(=O)c2cnccn2)cc1.Cl.Cl. The predicted octanol–water partition coefficient (Wildman–Crippen LogP) is 2.67. The van der Waals surface area contributed by atoms with E-state index < -0.39 is 0 Å². The highest BCUT2D eigenvalue weighted by atomic mass is 35.5. The standard InChI is InChI=1S/C17H20N4O.2ClH/c1-2-13-3-5-14(6-4-13)16-12-19-9-10-21(16)17(22)15-11-18-7-8-20-15;;/h3-8,11,16,19H,2,9-10,12H2,1H3;2*1H. The molecule has 2 heterocycles. The number of hydrogen-bond acceptors (Lipinski definition) is 4. The molecule has 0 radical (unpaired) electrons. The lowest BCUT2D eigenvalue weighted by Gasteiger charge is -2.36. The zero-order valence-corrected chi connectivity index (χ0v) is 15.1. The highest BCUT2D eigenvalue weighted by Gasteiger charge is 2.29. The van der Waals surface area contributed by atoms with E-state index >= 15 is 0 Å². The summed E-state index contributed by atoms with van der Waals surface area (Å²) in [5, 5.41) is 3.37. The third kappa shape index (κ3) is 4.44. The fourth-order valence-electron chi connectivity index (χ4n) is 2.78. The van der Waals surface area contributed by atoms with Crippen molar-refractivity contribution in [2.75, 3.05) is 19.6 Å². The van der Waals surface area contributed by atoms with Crippen molar-refractivity contribution in [3.8, 4) is 0 Å². The minimum atomic E-state index is -0.0563. The van der Waals surface area contributed by atoms with Crippen LogP contribution >= 0.6 is 24.8 Å². The molecule has 3 rings (SSSR count). The Labute approximate surface area is 154 Å². The minimum absolute atomic E-state index is 0. The first-order valence-corrected chi connectivity index (χ1v) is 7.66. The van der Waals surface area contributed by atoms with Gasteiger partial charge in [-0.25, -0.2) is 4.98 Å². The van der Waals surface area contributed by atoms with E-state index in [9.17, 15) is 4.79 Å². The van der Waals surface area contributed by atoms with Crippen molar-refractivity contribution >= 4 is 30.7 Å². The average molecular weight is 369 g/mol. The third-order valence-corrected chi connectivity index (χ3v) is 4.06. The Morgan fingerprint density at radius 1 is 1.25 bits per heavy atom. The van der Waals surface area contributed by atoms with Crippen LogP contribution in [0.25, 0.3) is 0 Å². The number of rotatable bonds is 3. The van der Waals surface area contributed by atoms with Gasteiger partial charge in [-0.05, 0) is 17.5 Å². The Hall–Kier alpha value is -1.69. The summed E-state index contributed by atoms with van der Waals surface area (Å²) in [6, 6.07) is 8.54. The zero-order valence-electron chi connectivity index (χ0n) is 13.5. The molecule has 1 aliphatic rings. The molecule has 1 aromatic carbocycles. The van der Waals surface area contributed by atoms with Crippen molar-refractivity contribution in [3.05, 3.63) is 59.7 Å². The van der Waals surface area contributed by atoms with E-state index in [0.717, 1.165) is 25.1 Å². The van der Waals surface area contributed by atoms with Crippen LogP contribution in [0.3, 0.4) is 0 Å². The maximum absolute atomic E-state index is 12.7. The van der Waals surface area contributed by atoms with E-state index in [1.807, 2.05) is 4.90 Å². The number of carbonyl (C=O) groups excluding carboxylic acids is 1. The van der Waals surface area contributed by atoms with Gasteiger partial charge in [-0.3, -0.25) is 9.78 Å². The van der Waals surface area contributed by atoms with Crippen LogP contribution in [0.1, 0.15) is 34.6 Å². The summed E-state index contributed by atoms with van der Waals surface area (Å²) in [6.45, 7) is 4.38. The zero-order chi connectivity index (χ0) is 15.4. The first-order valence-electron chi connectivity index (χ1n) is 7.66. The van der Waals surface area contributed by atoms with Crippen LogP contribution < -0.4 is 5.32 Å². The summed E-state index contributed by atoms with van der Waals surface area (Å²) >= 11 is 0. The highest BCUT2D eigenvalue weighted by Crippen LogP contribution is 2.24. The summed E-state index contributed by atoms with van der Waals surface area (Å²) in [6.07, 6.45) is 5.68. The molecule has 1 aliphatic heterocycles. The average Bonchev–Trinajstić information content (AvgIpc) is 2.62. The normalized spacial score (nSPS) is 16.7. The number of nitrogens with one attached hydrogen (secondary N) is 1. The van der Waals surface area contributed by atoms with Crippen molar-refractivity contribution < 1.29 is 4.79 Å². The van der Waals surface area contributed by atoms with Crippen molar-refractivity contribution in [2.24, 2.45) is 0 Å². The second kappa shape index (κ2) is 9.57. The lowest BCUT2D eigenvalue weighted by Crippen LogP contribution is -2.48. The van der Waals surface area contributed by atoms with E-state index in [2.05, 4.69) is 46.5 Å². The Balaban J connectivity index is 0.00000144. The third-order valence-electron chi connectivity index (χ3n) is 4.06. The van der Waals surface area contributed by atoms with Gasteiger partial charge in [0.25, 0.3) is 5.91 Å². The van der Waals surface area contributed by atoms with E-state index in [-0.39, 0.29) is 36.8 Å². The Morgan fingerprint density at radius 3 is 2.62 bits per heavy atom. The molecule has 0 spiro atoms. The molecule has 130 valence electrons. The van der Waals surface area contributed by atoms with Crippen molar-refractivity contribution in [1.29, 1.82) is 0 Å². The maximum atomic E-state index is 12.7. The fourth-order valence-corrected chi connectivity index (χ4v) is 2.78. The molecule has 1 fully saturated rings. The lowest BCUT2D eigenvalue weighted by molar-refractivity contribution is 0.0627. The topological polar surface area (TPSA) is 58.1 Å². The van der Waals surface area contributed by atoms with Crippen LogP contribution in [0.2, 0.25) is 0 Å². The van der Waals surface area contributed by atoms with Gasteiger partial charge in [-0.2, -0.15) is 0 Å². The number of amides is 1. The minimum Gasteiger partial charge on any atom is -0.328 e. The Kier molecular flexibility index (Phi) is 8.11. The number of halogens is 2. The molecule has 7 heteroatoms. The van der Waals surface area contributed by atoms with Gasteiger partial charge in [0, 0.05) is 32.0 Å². The molecule has 0 saturated carbocycles. The molecule has 1 N–H and O–H groups in total. The summed E-state index contributed by atoms with van der Waals surface area (Å²) < 4.78 is 0. The summed E-state index contributed by atoms with van der Waals surface area (Å²) in [4.78, 5) is 22.7. The number of aryl methyl sites for hydroxylation is 1. The molecule has 5 nitrogen and oxygen atoms in total. The van der Waals surface area contributed by atoms with Gasteiger partial charge < -0.3 is 10.2 Å². The van der Waals surface area contributed by atoms with Crippen LogP contribution in [0.15, 0.2) is 42.9 Å². The monoisotopic (exact) mass is 368 g/mol. The number of piperazine rings is 1. The Morgan fingerprint density at radius 2 is 2.00 bits per heavy atom. The number of carbonyl (C=O) groups is 1. The van der Waals surface area contributed by atoms with Crippen LogP contribution in [0, 0.1) is 0 Å². The maximum Gasteiger partial charge on any atom is 0.274 e. The van der Waals surface area contributed by atoms with Gasteiger partial charge in [-0.15, -0.1) is 24.8 Å². The van der Waals surface area contributed by atoms with Gasteiger partial charge in [0.05, 0.1) is 12.2 Å². The van der Waals surface area contributed by atoms with E-state index in [1.54, 1.807) is 12.4 Å². The molecule has 1 aromatic heterocycles. The molecule has 0 bridgehead atoms. The molecule has 0 aliphatic carbocycles. The highest BCUT2D eigenvalue weighted by molar-refractivity contribution is 5.92. The van der Waals surface area contributed by atoms with Crippen LogP contribution in [-0.2, 0) is 6.42 Å². The second-order valence-corrected chi connectivity index (χ2v) is 5.40. The molecule has 1 unspecified atom stereocenters. The summed E-state index contributed by atoms with van der Waals surface area (Å²) in [7, 11) is 0. The quantitative estimate of drug-likeness (QED) is 0.904. The van der Waals surface area contributed by atoms with E-state index in [0.29, 0.717) is 12.2 Å².